The molecule has 2 aromatic heterocycles. The van der Waals surface area contributed by atoms with Gasteiger partial charge in [-0.15, -0.1) is 11.3 Å². The largest absolute Gasteiger partial charge is 0.383 e. The Balaban J connectivity index is 2.45. The molecule has 0 unspecified atom stereocenters. The minimum Gasteiger partial charge on any atom is -0.383 e. The molecule has 0 fully saturated rings. The highest BCUT2D eigenvalue weighted by Crippen LogP contribution is 2.22. The van der Waals surface area contributed by atoms with Crippen molar-refractivity contribution in [2.45, 2.75) is 0 Å². The van der Waals surface area contributed by atoms with Crippen LogP contribution in [0, 0.1) is 0 Å². The molecule has 5 heteroatoms. The van der Waals surface area contributed by atoms with E-state index in [0.717, 1.165) is 10.7 Å². The van der Waals surface area contributed by atoms with Crippen LogP contribution in [0.2, 0.25) is 0 Å². The Morgan fingerprint density at radius 3 is 3.00 bits per heavy atom. The quantitative estimate of drug-likeness (QED) is 0.696. The molecular formula is C6H5N3OS. The summed E-state index contributed by atoms with van der Waals surface area (Å²) in [6, 6.07) is 1.75. The molecule has 0 aromatic carbocycles. The van der Waals surface area contributed by atoms with Gasteiger partial charge in [0, 0.05) is 11.4 Å². The summed E-state index contributed by atoms with van der Waals surface area (Å²) in [5.41, 5.74) is 6.15. The number of nitrogens with zero attached hydrogens (tertiary/aromatic N) is 2. The fraction of sp³-hybridized carbons (Fsp3) is 0. The number of hydrogen-bond donors (Lipinski definition) is 1. The first kappa shape index (κ1) is 6.36. The van der Waals surface area contributed by atoms with E-state index in [0.29, 0.717) is 5.82 Å². The van der Waals surface area contributed by atoms with E-state index in [1.807, 2.05) is 0 Å². The van der Waals surface area contributed by atoms with E-state index in [9.17, 15) is 0 Å². The molecule has 0 saturated heterocycles. The number of nitrogens with two attached hydrogens (primary N) is 1. The second kappa shape index (κ2) is 2.35. The summed E-state index contributed by atoms with van der Waals surface area (Å²) in [6.45, 7) is 0. The third-order valence-electron chi connectivity index (χ3n) is 1.18. The summed E-state index contributed by atoms with van der Waals surface area (Å²) in [6.07, 6.45) is 1.51. The summed E-state index contributed by atoms with van der Waals surface area (Å²) >= 11 is 1.45. The molecule has 0 aliphatic carbocycles. The Morgan fingerprint density at radius 1 is 1.55 bits per heavy atom. The third-order valence-corrected chi connectivity index (χ3v) is 2.06. The number of rotatable bonds is 1. The molecule has 2 N–H and O–H groups in total. The van der Waals surface area contributed by atoms with Crippen molar-refractivity contribution in [1.82, 2.24) is 10.1 Å². The molecule has 0 spiro atoms. The fourth-order valence-corrected chi connectivity index (χ4v) is 1.40. The normalized spacial score (nSPS) is 10.2. The number of thiazole rings is 1. The standard InChI is InChI=1S/C6H5N3OS/c7-5-3-11-6(8-5)4-1-2-10-9-4/h1-3H,7H2. The smallest absolute Gasteiger partial charge is 0.147 e. The van der Waals surface area contributed by atoms with Gasteiger partial charge in [0.05, 0.1) is 0 Å². The predicted octanol–water partition coefficient (Wildman–Crippen LogP) is 1.38. The van der Waals surface area contributed by atoms with Crippen LogP contribution in [0.5, 0.6) is 0 Å². The van der Waals surface area contributed by atoms with Crippen molar-refractivity contribution >= 4 is 17.2 Å². The zero-order valence-corrected chi connectivity index (χ0v) is 6.34. The maximum Gasteiger partial charge on any atom is 0.147 e. The van der Waals surface area contributed by atoms with Gasteiger partial charge in [0.1, 0.15) is 22.8 Å². The minimum atomic E-state index is 0.521. The summed E-state index contributed by atoms with van der Waals surface area (Å²) in [5, 5.41) is 6.27. The molecule has 0 atom stereocenters. The molecule has 2 rings (SSSR count). The highest BCUT2D eigenvalue weighted by molar-refractivity contribution is 7.13. The molecule has 0 aliphatic heterocycles. The van der Waals surface area contributed by atoms with Crippen LogP contribution in [0.3, 0.4) is 0 Å². The Kier molecular flexibility index (Phi) is 1.36. The second-order valence-electron chi connectivity index (χ2n) is 1.96. The maximum atomic E-state index is 5.43. The number of aromatic nitrogens is 2. The second-order valence-corrected chi connectivity index (χ2v) is 2.82. The van der Waals surface area contributed by atoms with Crippen molar-refractivity contribution in [3.63, 3.8) is 0 Å². The average molecular weight is 167 g/mol. The van der Waals surface area contributed by atoms with E-state index < -0.39 is 0 Å². The Bertz CT molecular complexity index is 340. The van der Waals surface area contributed by atoms with Crippen LogP contribution < -0.4 is 5.73 Å². The van der Waals surface area contributed by atoms with Gasteiger partial charge in [-0.05, 0) is 0 Å². The lowest BCUT2D eigenvalue weighted by molar-refractivity contribution is 0.422. The van der Waals surface area contributed by atoms with E-state index >= 15 is 0 Å². The summed E-state index contributed by atoms with van der Waals surface area (Å²) in [7, 11) is 0. The maximum absolute atomic E-state index is 5.43. The lowest BCUT2D eigenvalue weighted by Gasteiger charge is -1.81. The van der Waals surface area contributed by atoms with Crippen LogP contribution in [0.15, 0.2) is 22.2 Å². The zero-order chi connectivity index (χ0) is 7.68. The average Bonchev–Trinajstić information content (AvgIpc) is 2.55. The molecule has 2 aromatic rings. The Hall–Kier alpha value is -1.36. The number of nitrogen functional groups attached to an aromatic ring is 1. The Morgan fingerprint density at radius 2 is 2.45 bits per heavy atom. The fourth-order valence-electron chi connectivity index (χ4n) is 0.727. The van der Waals surface area contributed by atoms with E-state index in [-0.39, 0.29) is 0 Å². The molecule has 0 amide bonds. The van der Waals surface area contributed by atoms with Crippen LogP contribution >= 0.6 is 11.3 Å². The van der Waals surface area contributed by atoms with Crippen molar-refractivity contribution in [2.75, 3.05) is 5.73 Å². The Labute approximate surface area is 66.7 Å². The van der Waals surface area contributed by atoms with Crippen LogP contribution in [0.25, 0.3) is 10.7 Å². The van der Waals surface area contributed by atoms with Crippen molar-refractivity contribution < 1.29 is 4.52 Å². The number of anilines is 1. The molecule has 0 bridgehead atoms. The molecule has 2 heterocycles. The number of hydrogen-bond acceptors (Lipinski definition) is 5. The highest BCUT2D eigenvalue weighted by Gasteiger charge is 2.04. The van der Waals surface area contributed by atoms with Crippen LogP contribution in [0.4, 0.5) is 5.82 Å². The first-order chi connectivity index (χ1) is 5.36. The van der Waals surface area contributed by atoms with Crippen LogP contribution in [0.1, 0.15) is 0 Å². The van der Waals surface area contributed by atoms with Gasteiger partial charge in [-0.2, -0.15) is 0 Å². The molecule has 11 heavy (non-hydrogen) atoms. The van der Waals surface area contributed by atoms with Gasteiger partial charge in [-0.3, -0.25) is 0 Å². The van der Waals surface area contributed by atoms with Crippen molar-refractivity contribution in [2.24, 2.45) is 0 Å². The first-order valence-electron chi connectivity index (χ1n) is 2.98. The van der Waals surface area contributed by atoms with Gasteiger partial charge in [0.25, 0.3) is 0 Å². The topological polar surface area (TPSA) is 64.9 Å². The SMILES string of the molecule is Nc1csc(-c2ccon2)n1. The molecular weight excluding hydrogens is 162 g/mol. The van der Waals surface area contributed by atoms with Gasteiger partial charge >= 0.3 is 0 Å². The summed E-state index contributed by atoms with van der Waals surface area (Å²) < 4.78 is 4.65. The van der Waals surface area contributed by atoms with Gasteiger partial charge in [-0.25, -0.2) is 4.98 Å². The van der Waals surface area contributed by atoms with E-state index in [1.165, 1.54) is 17.6 Å². The van der Waals surface area contributed by atoms with Crippen molar-refractivity contribution in [3.8, 4) is 10.7 Å². The lowest BCUT2D eigenvalue weighted by atomic mass is 10.5. The van der Waals surface area contributed by atoms with Crippen LogP contribution in [-0.2, 0) is 0 Å². The zero-order valence-electron chi connectivity index (χ0n) is 5.52. The lowest BCUT2D eigenvalue weighted by Crippen LogP contribution is -1.82. The predicted molar refractivity (Wildman–Crippen MR) is 42.0 cm³/mol. The summed E-state index contributed by atoms with van der Waals surface area (Å²) in [4.78, 5) is 4.03. The molecule has 4 nitrogen and oxygen atoms in total. The highest BCUT2D eigenvalue weighted by atomic mass is 32.1. The molecule has 56 valence electrons. The van der Waals surface area contributed by atoms with Gasteiger partial charge < -0.3 is 10.3 Å². The van der Waals surface area contributed by atoms with Crippen LogP contribution in [-0.4, -0.2) is 10.1 Å². The van der Waals surface area contributed by atoms with Crippen molar-refractivity contribution in [3.05, 3.63) is 17.7 Å². The molecule has 0 saturated carbocycles. The summed E-state index contributed by atoms with van der Waals surface area (Å²) in [5.74, 6) is 0.521. The van der Waals surface area contributed by atoms with Gasteiger partial charge in [0.2, 0.25) is 0 Å². The minimum absolute atomic E-state index is 0.521. The van der Waals surface area contributed by atoms with E-state index in [4.69, 9.17) is 5.73 Å². The van der Waals surface area contributed by atoms with Crippen molar-refractivity contribution in [1.29, 1.82) is 0 Å². The third kappa shape index (κ3) is 1.10. The van der Waals surface area contributed by atoms with Gasteiger partial charge in [0.15, 0.2) is 0 Å². The van der Waals surface area contributed by atoms with E-state index in [1.54, 1.807) is 11.4 Å². The van der Waals surface area contributed by atoms with E-state index in [2.05, 4.69) is 14.7 Å². The van der Waals surface area contributed by atoms with Gasteiger partial charge in [-0.1, -0.05) is 5.16 Å². The first-order valence-corrected chi connectivity index (χ1v) is 3.86. The molecule has 0 aliphatic rings. The molecule has 0 radical (unpaired) electrons. The monoisotopic (exact) mass is 167 g/mol.